The van der Waals surface area contributed by atoms with Gasteiger partial charge in [0, 0.05) is 11.4 Å². The van der Waals surface area contributed by atoms with Crippen molar-refractivity contribution in [2.45, 2.75) is 27.7 Å². The second-order valence-corrected chi connectivity index (χ2v) is 7.75. The van der Waals surface area contributed by atoms with E-state index in [0.29, 0.717) is 32.7 Å². The first kappa shape index (κ1) is 18.7. The van der Waals surface area contributed by atoms with Gasteiger partial charge in [-0.15, -0.1) is 0 Å². The van der Waals surface area contributed by atoms with Gasteiger partial charge in [0.2, 0.25) is 0 Å². The fourth-order valence-electron chi connectivity index (χ4n) is 3.20. The van der Waals surface area contributed by atoms with Crippen molar-refractivity contribution in [3.05, 3.63) is 69.0 Å². The fraction of sp³-hybridized carbons (Fsp3) is 0.190. The number of nitrogens with zero attached hydrogens (tertiary/aromatic N) is 4. The topological polar surface area (TPSA) is 55.6 Å². The summed E-state index contributed by atoms with van der Waals surface area (Å²) in [6.45, 7) is 8.07. The molecule has 2 heterocycles. The van der Waals surface area contributed by atoms with Gasteiger partial charge in [-0.3, -0.25) is 0 Å². The molecule has 1 N–H and O–H groups in total. The third-order valence-corrected chi connectivity index (χ3v) is 5.26. The number of aryl methyl sites for hydroxylation is 4. The van der Waals surface area contributed by atoms with Gasteiger partial charge in [-0.05, 0) is 57.5 Å². The predicted molar refractivity (Wildman–Crippen MR) is 115 cm³/mol. The largest absolute Gasteiger partial charge is 0.337 e. The van der Waals surface area contributed by atoms with E-state index in [1.54, 1.807) is 16.8 Å². The first-order valence-corrected chi connectivity index (χ1v) is 9.62. The summed E-state index contributed by atoms with van der Waals surface area (Å²) >= 11 is 12.4. The van der Waals surface area contributed by atoms with Crippen molar-refractivity contribution < 1.29 is 0 Å². The lowest BCUT2D eigenvalue weighted by Gasteiger charge is -2.15. The number of hydrogen-bond acceptors (Lipinski definition) is 4. The number of fused-ring (bicyclic) bond motifs is 1. The molecule has 28 heavy (non-hydrogen) atoms. The van der Waals surface area contributed by atoms with Gasteiger partial charge in [-0.1, -0.05) is 40.9 Å². The molecular weight excluding hydrogens is 393 g/mol. The summed E-state index contributed by atoms with van der Waals surface area (Å²) in [7, 11) is 0. The van der Waals surface area contributed by atoms with Crippen LogP contribution in [0.3, 0.4) is 0 Å². The van der Waals surface area contributed by atoms with E-state index in [0.717, 1.165) is 22.6 Å². The maximum Gasteiger partial charge on any atom is 0.197 e. The lowest BCUT2D eigenvalue weighted by Crippen LogP contribution is -2.09. The van der Waals surface area contributed by atoms with Crippen molar-refractivity contribution in [2.75, 3.05) is 5.32 Å². The third-order valence-electron chi connectivity index (χ3n) is 4.53. The maximum atomic E-state index is 6.19. The van der Waals surface area contributed by atoms with E-state index < -0.39 is 0 Å². The SMILES string of the molecule is Cc1ccc(Nc2nc3cc(Cl)c(Cl)cc3nc2-n2nc(C)cc2C)c(C)c1. The molecule has 0 bridgehead atoms. The molecule has 142 valence electrons. The van der Waals surface area contributed by atoms with Gasteiger partial charge in [0.1, 0.15) is 0 Å². The Morgan fingerprint density at radius 2 is 1.54 bits per heavy atom. The monoisotopic (exact) mass is 411 g/mol. The van der Waals surface area contributed by atoms with E-state index in [4.69, 9.17) is 33.2 Å². The average molecular weight is 412 g/mol. The predicted octanol–water partition coefficient (Wildman–Crippen LogP) is 6.10. The molecule has 0 saturated heterocycles. The molecule has 0 amide bonds. The Bertz CT molecular complexity index is 1210. The molecule has 0 spiro atoms. The minimum atomic E-state index is 0.442. The van der Waals surface area contributed by atoms with Crippen molar-refractivity contribution in [3.63, 3.8) is 0 Å². The van der Waals surface area contributed by atoms with Crippen LogP contribution in [0.15, 0.2) is 36.4 Å². The van der Waals surface area contributed by atoms with Gasteiger partial charge >= 0.3 is 0 Å². The summed E-state index contributed by atoms with van der Waals surface area (Å²) in [4.78, 5) is 9.58. The molecule has 4 aromatic rings. The first-order chi connectivity index (χ1) is 13.3. The number of anilines is 2. The van der Waals surface area contributed by atoms with Gasteiger partial charge in [0.15, 0.2) is 11.6 Å². The van der Waals surface area contributed by atoms with Crippen LogP contribution in [0.4, 0.5) is 11.5 Å². The molecular formula is C21H19Cl2N5. The highest BCUT2D eigenvalue weighted by atomic mass is 35.5. The minimum Gasteiger partial charge on any atom is -0.337 e. The molecule has 0 aliphatic carbocycles. The fourth-order valence-corrected chi connectivity index (χ4v) is 3.51. The van der Waals surface area contributed by atoms with Crippen molar-refractivity contribution in [1.82, 2.24) is 19.7 Å². The molecule has 7 heteroatoms. The number of nitrogens with one attached hydrogen (secondary N) is 1. The van der Waals surface area contributed by atoms with Crippen LogP contribution in [0.5, 0.6) is 0 Å². The second kappa shape index (κ2) is 7.08. The van der Waals surface area contributed by atoms with Gasteiger partial charge in [-0.25, -0.2) is 14.6 Å². The zero-order chi connectivity index (χ0) is 20.0. The lowest BCUT2D eigenvalue weighted by molar-refractivity contribution is 0.808. The number of hydrogen-bond donors (Lipinski definition) is 1. The summed E-state index contributed by atoms with van der Waals surface area (Å²) in [6, 6.07) is 11.7. The Hall–Kier alpha value is -2.63. The molecule has 2 aromatic carbocycles. The van der Waals surface area contributed by atoms with Crippen LogP contribution in [-0.4, -0.2) is 19.7 Å². The summed E-state index contributed by atoms with van der Waals surface area (Å²) in [6.07, 6.45) is 0. The van der Waals surface area contributed by atoms with Crippen LogP contribution in [0, 0.1) is 27.7 Å². The van der Waals surface area contributed by atoms with Crippen LogP contribution < -0.4 is 5.32 Å². The van der Waals surface area contributed by atoms with Crippen LogP contribution in [0.25, 0.3) is 16.9 Å². The molecule has 2 aromatic heterocycles. The van der Waals surface area contributed by atoms with Gasteiger partial charge in [0.25, 0.3) is 0 Å². The highest BCUT2D eigenvalue weighted by molar-refractivity contribution is 6.42. The Morgan fingerprint density at radius 1 is 0.857 bits per heavy atom. The van der Waals surface area contributed by atoms with Crippen molar-refractivity contribution >= 4 is 45.7 Å². The van der Waals surface area contributed by atoms with Crippen molar-refractivity contribution in [2.24, 2.45) is 0 Å². The van der Waals surface area contributed by atoms with Gasteiger partial charge in [0.05, 0.1) is 26.8 Å². The Kier molecular flexibility index (Phi) is 4.73. The number of halogens is 2. The quantitative estimate of drug-likeness (QED) is 0.442. The van der Waals surface area contributed by atoms with E-state index >= 15 is 0 Å². The van der Waals surface area contributed by atoms with Crippen LogP contribution in [0.1, 0.15) is 22.5 Å². The number of rotatable bonds is 3. The highest BCUT2D eigenvalue weighted by Gasteiger charge is 2.16. The smallest absolute Gasteiger partial charge is 0.197 e. The Balaban J connectivity index is 1.94. The van der Waals surface area contributed by atoms with E-state index in [-0.39, 0.29) is 0 Å². The van der Waals surface area contributed by atoms with Crippen LogP contribution >= 0.6 is 23.2 Å². The third kappa shape index (κ3) is 3.43. The molecule has 0 saturated carbocycles. The Morgan fingerprint density at radius 3 is 2.14 bits per heavy atom. The minimum absolute atomic E-state index is 0.442. The van der Waals surface area contributed by atoms with Crippen molar-refractivity contribution in [1.29, 1.82) is 0 Å². The van der Waals surface area contributed by atoms with Crippen molar-refractivity contribution in [3.8, 4) is 5.82 Å². The van der Waals surface area contributed by atoms with Crippen LogP contribution in [0.2, 0.25) is 10.0 Å². The zero-order valence-electron chi connectivity index (χ0n) is 16.0. The first-order valence-electron chi connectivity index (χ1n) is 8.86. The zero-order valence-corrected chi connectivity index (χ0v) is 17.5. The molecule has 0 radical (unpaired) electrons. The molecule has 0 unspecified atom stereocenters. The standard InChI is InChI=1S/C21H19Cl2N5/c1-11-5-6-17(12(2)7-11)24-20-21(28-14(4)8-13(3)27-28)26-19-10-16(23)15(22)9-18(19)25-20/h5-10H,1-4H3,(H,24,25). The average Bonchev–Trinajstić information content (AvgIpc) is 2.96. The van der Waals surface area contributed by atoms with Gasteiger partial charge in [-0.2, -0.15) is 5.10 Å². The summed E-state index contributed by atoms with van der Waals surface area (Å²) in [5.41, 5.74) is 6.47. The maximum absolute atomic E-state index is 6.19. The van der Waals surface area contributed by atoms with E-state index in [9.17, 15) is 0 Å². The normalized spacial score (nSPS) is 11.2. The number of aromatic nitrogens is 4. The van der Waals surface area contributed by atoms with E-state index in [1.807, 2.05) is 26.0 Å². The van der Waals surface area contributed by atoms with E-state index in [2.05, 4.69) is 36.4 Å². The molecule has 0 aliphatic heterocycles. The molecule has 0 aliphatic rings. The molecule has 5 nitrogen and oxygen atoms in total. The lowest BCUT2D eigenvalue weighted by atomic mass is 10.1. The number of benzene rings is 2. The molecule has 0 fully saturated rings. The van der Waals surface area contributed by atoms with E-state index in [1.165, 1.54) is 5.56 Å². The summed E-state index contributed by atoms with van der Waals surface area (Å²) < 4.78 is 1.79. The van der Waals surface area contributed by atoms with Gasteiger partial charge < -0.3 is 5.32 Å². The highest BCUT2D eigenvalue weighted by Crippen LogP contribution is 2.31. The molecule has 0 atom stereocenters. The molecule has 4 rings (SSSR count). The summed E-state index contributed by atoms with van der Waals surface area (Å²) in [5, 5.41) is 8.89. The second-order valence-electron chi connectivity index (χ2n) is 6.93. The summed E-state index contributed by atoms with van der Waals surface area (Å²) in [5.74, 6) is 1.21. The van der Waals surface area contributed by atoms with Crippen LogP contribution in [-0.2, 0) is 0 Å². The Labute approximate surface area is 173 Å².